The molecule has 1 aliphatic heterocycles. The van der Waals surface area contributed by atoms with Gasteiger partial charge in [0.25, 0.3) is 0 Å². The van der Waals surface area contributed by atoms with Crippen molar-refractivity contribution in [2.45, 2.75) is 19.4 Å². The van der Waals surface area contributed by atoms with Gasteiger partial charge in [0, 0.05) is 17.5 Å². The smallest absolute Gasteiger partial charge is 0.223 e. The molecule has 2 rings (SSSR count). The zero-order valence-electron chi connectivity index (χ0n) is 10.6. The molecule has 5 heteroatoms. The fraction of sp³-hybridized carbons (Fsp3) is 0.429. The number of hydrogen-bond acceptors (Lipinski definition) is 3. The number of halogens is 1. The van der Waals surface area contributed by atoms with Crippen molar-refractivity contribution >= 4 is 17.5 Å². The van der Waals surface area contributed by atoms with Gasteiger partial charge in [-0.1, -0.05) is 17.7 Å². The molecule has 0 atom stereocenters. The molecule has 0 saturated carbocycles. The molecular weight excluding hydrogens is 262 g/mol. The van der Waals surface area contributed by atoms with Gasteiger partial charge in [-0.3, -0.25) is 4.79 Å². The van der Waals surface area contributed by atoms with Crippen molar-refractivity contribution < 1.29 is 4.79 Å². The Morgan fingerprint density at radius 3 is 2.84 bits per heavy atom. The van der Waals surface area contributed by atoms with Crippen LogP contribution in [-0.4, -0.2) is 19.0 Å². The van der Waals surface area contributed by atoms with Crippen LogP contribution >= 0.6 is 11.6 Å². The molecule has 1 aromatic carbocycles. The first-order valence-electron chi connectivity index (χ1n) is 6.37. The summed E-state index contributed by atoms with van der Waals surface area (Å²) in [6.07, 6.45) is 1.76. The quantitative estimate of drug-likeness (QED) is 0.886. The highest BCUT2D eigenvalue weighted by Gasteiger charge is 2.20. The summed E-state index contributed by atoms with van der Waals surface area (Å²) in [6.45, 7) is 2.21. The summed E-state index contributed by atoms with van der Waals surface area (Å²) in [5.41, 5.74) is 1.36. The maximum absolute atomic E-state index is 12.0. The molecule has 100 valence electrons. The van der Waals surface area contributed by atoms with Crippen LogP contribution in [0.5, 0.6) is 0 Å². The number of amides is 1. The predicted molar refractivity (Wildman–Crippen MR) is 73.6 cm³/mol. The Labute approximate surface area is 117 Å². The third-order valence-electron chi connectivity index (χ3n) is 3.35. The van der Waals surface area contributed by atoms with E-state index in [2.05, 4.69) is 10.6 Å². The topological polar surface area (TPSA) is 64.9 Å². The minimum absolute atomic E-state index is 0.0851. The molecule has 0 bridgehead atoms. The monoisotopic (exact) mass is 277 g/mol. The van der Waals surface area contributed by atoms with Crippen molar-refractivity contribution in [1.29, 1.82) is 5.26 Å². The Morgan fingerprint density at radius 1 is 1.47 bits per heavy atom. The highest BCUT2D eigenvalue weighted by atomic mass is 35.5. The van der Waals surface area contributed by atoms with Crippen molar-refractivity contribution in [2.24, 2.45) is 5.92 Å². The lowest BCUT2D eigenvalue weighted by Gasteiger charge is -2.21. The van der Waals surface area contributed by atoms with Gasteiger partial charge in [0.15, 0.2) is 0 Å². The number of carbonyl (C=O) groups is 1. The Balaban J connectivity index is 1.91. The molecule has 0 spiro atoms. The second-order valence-corrected chi connectivity index (χ2v) is 5.07. The molecule has 1 aliphatic rings. The van der Waals surface area contributed by atoms with E-state index in [-0.39, 0.29) is 11.8 Å². The maximum Gasteiger partial charge on any atom is 0.223 e. The molecule has 1 heterocycles. The first-order valence-corrected chi connectivity index (χ1v) is 6.75. The summed E-state index contributed by atoms with van der Waals surface area (Å²) in [4.78, 5) is 12.0. The van der Waals surface area contributed by atoms with Gasteiger partial charge < -0.3 is 10.6 Å². The minimum atomic E-state index is 0.0851. The zero-order valence-corrected chi connectivity index (χ0v) is 11.3. The van der Waals surface area contributed by atoms with Gasteiger partial charge in [-0.05, 0) is 43.6 Å². The molecule has 0 aromatic heterocycles. The number of carbonyl (C=O) groups excluding carboxylic acids is 1. The first-order chi connectivity index (χ1) is 9.20. The highest BCUT2D eigenvalue weighted by Crippen LogP contribution is 2.18. The molecule has 1 aromatic rings. The summed E-state index contributed by atoms with van der Waals surface area (Å²) in [5.74, 6) is 0.181. The Kier molecular flexibility index (Phi) is 4.78. The Bertz CT molecular complexity index is 504. The minimum Gasteiger partial charge on any atom is -0.352 e. The fourth-order valence-electron chi connectivity index (χ4n) is 2.17. The van der Waals surface area contributed by atoms with E-state index in [4.69, 9.17) is 16.9 Å². The van der Waals surface area contributed by atoms with E-state index < -0.39 is 0 Å². The molecule has 0 unspecified atom stereocenters. The largest absolute Gasteiger partial charge is 0.352 e. The summed E-state index contributed by atoms with van der Waals surface area (Å²) in [5, 5.41) is 15.4. The molecule has 0 aliphatic carbocycles. The lowest BCUT2D eigenvalue weighted by Crippen LogP contribution is -2.37. The predicted octanol–water partition coefficient (Wildman–Crippen LogP) is 1.83. The van der Waals surface area contributed by atoms with Crippen molar-refractivity contribution in [3.63, 3.8) is 0 Å². The standard InChI is InChI=1S/C14H16ClN3O/c15-13-7-10(8-16)1-2-12(13)9-18-14(19)11-3-5-17-6-4-11/h1-2,7,11,17H,3-6,9H2,(H,18,19). The molecule has 19 heavy (non-hydrogen) atoms. The van der Waals surface area contributed by atoms with Gasteiger partial charge in [0.2, 0.25) is 5.91 Å². The second kappa shape index (κ2) is 6.55. The van der Waals surface area contributed by atoms with E-state index in [0.717, 1.165) is 31.5 Å². The van der Waals surface area contributed by atoms with Crippen molar-refractivity contribution in [2.75, 3.05) is 13.1 Å². The van der Waals surface area contributed by atoms with Crippen LogP contribution in [0.2, 0.25) is 5.02 Å². The summed E-state index contributed by atoms with van der Waals surface area (Å²) in [6, 6.07) is 7.14. The molecule has 1 amide bonds. The van der Waals surface area contributed by atoms with E-state index in [1.54, 1.807) is 18.2 Å². The van der Waals surface area contributed by atoms with E-state index in [9.17, 15) is 4.79 Å². The van der Waals surface area contributed by atoms with E-state index in [1.165, 1.54) is 0 Å². The number of nitrogens with one attached hydrogen (secondary N) is 2. The van der Waals surface area contributed by atoms with E-state index in [0.29, 0.717) is 17.1 Å². The second-order valence-electron chi connectivity index (χ2n) is 4.66. The molecule has 2 N–H and O–H groups in total. The molecule has 4 nitrogen and oxygen atoms in total. The van der Waals surface area contributed by atoms with E-state index >= 15 is 0 Å². The van der Waals surface area contributed by atoms with Crippen LogP contribution in [0.15, 0.2) is 18.2 Å². The van der Waals surface area contributed by atoms with Crippen molar-refractivity contribution in [1.82, 2.24) is 10.6 Å². The number of nitriles is 1. The number of rotatable bonds is 3. The Morgan fingerprint density at radius 2 is 2.21 bits per heavy atom. The van der Waals surface area contributed by atoms with Gasteiger partial charge in [-0.15, -0.1) is 0 Å². The first kappa shape index (κ1) is 13.9. The summed E-state index contributed by atoms with van der Waals surface area (Å²) < 4.78 is 0. The fourth-order valence-corrected chi connectivity index (χ4v) is 2.42. The van der Waals surface area contributed by atoms with Crippen molar-refractivity contribution in [3.8, 4) is 6.07 Å². The maximum atomic E-state index is 12.0. The van der Waals surface area contributed by atoms with Gasteiger partial charge in [-0.2, -0.15) is 5.26 Å². The lowest BCUT2D eigenvalue weighted by atomic mass is 9.97. The van der Waals surface area contributed by atoms with Gasteiger partial charge in [0.05, 0.1) is 11.6 Å². The van der Waals surface area contributed by atoms with Gasteiger partial charge in [0.1, 0.15) is 0 Å². The van der Waals surface area contributed by atoms with Crippen LogP contribution in [0.1, 0.15) is 24.0 Å². The lowest BCUT2D eigenvalue weighted by molar-refractivity contribution is -0.125. The number of benzene rings is 1. The molecule has 1 fully saturated rings. The summed E-state index contributed by atoms with van der Waals surface area (Å²) >= 11 is 6.06. The van der Waals surface area contributed by atoms with Gasteiger partial charge in [-0.25, -0.2) is 0 Å². The average Bonchev–Trinajstić information content (AvgIpc) is 2.46. The Hall–Kier alpha value is -1.57. The van der Waals surface area contributed by atoms with Crippen LogP contribution in [-0.2, 0) is 11.3 Å². The van der Waals surface area contributed by atoms with Crippen LogP contribution in [0, 0.1) is 17.2 Å². The molecule has 1 saturated heterocycles. The number of nitrogens with zero attached hydrogens (tertiary/aromatic N) is 1. The average molecular weight is 278 g/mol. The normalized spacial score (nSPS) is 15.8. The van der Waals surface area contributed by atoms with Crippen molar-refractivity contribution in [3.05, 3.63) is 34.3 Å². The number of hydrogen-bond donors (Lipinski definition) is 2. The third-order valence-corrected chi connectivity index (χ3v) is 3.70. The summed E-state index contributed by atoms with van der Waals surface area (Å²) in [7, 11) is 0. The SMILES string of the molecule is N#Cc1ccc(CNC(=O)C2CCNCC2)c(Cl)c1. The molecule has 0 radical (unpaired) electrons. The van der Waals surface area contributed by atoms with E-state index in [1.807, 2.05) is 6.07 Å². The highest BCUT2D eigenvalue weighted by molar-refractivity contribution is 6.31. The zero-order chi connectivity index (χ0) is 13.7. The van der Waals surface area contributed by atoms with Crippen LogP contribution in [0.4, 0.5) is 0 Å². The third kappa shape index (κ3) is 3.69. The molecular formula is C14H16ClN3O. The van der Waals surface area contributed by atoms with Crippen LogP contribution in [0.25, 0.3) is 0 Å². The van der Waals surface area contributed by atoms with Gasteiger partial charge >= 0.3 is 0 Å². The number of piperidine rings is 1. The van der Waals surface area contributed by atoms with Crippen LogP contribution in [0.3, 0.4) is 0 Å². The van der Waals surface area contributed by atoms with Crippen LogP contribution < -0.4 is 10.6 Å².